The number of para-hydroxylation sites is 1. The normalized spacial score (nSPS) is 18.9. The third-order valence-electron chi connectivity index (χ3n) is 6.09. The highest BCUT2D eigenvalue weighted by Gasteiger charge is 2.35. The van der Waals surface area contributed by atoms with Crippen molar-refractivity contribution < 1.29 is 9.59 Å². The van der Waals surface area contributed by atoms with Gasteiger partial charge >= 0.3 is 0 Å². The molecule has 29 heavy (non-hydrogen) atoms. The Kier molecular flexibility index (Phi) is 5.15. The van der Waals surface area contributed by atoms with E-state index < -0.39 is 0 Å². The van der Waals surface area contributed by atoms with Gasteiger partial charge in [-0.3, -0.25) is 19.0 Å². The fourth-order valence-electron chi connectivity index (χ4n) is 4.64. The molecule has 1 N–H and O–H groups in total. The second-order valence-corrected chi connectivity index (χ2v) is 9.14. The van der Waals surface area contributed by atoms with Crippen LogP contribution in [0.1, 0.15) is 78.8 Å². The number of hydrogen-bond acceptors (Lipinski definition) is 3. The Morgan fingerprint density at radius 2 is 1.72 bits per heavy atom. The topological polar surface area (TPSA) is 68.2 Å². The number of rotatable bonds is 3. The summed E-state index contributed by atoms with van der Waals surface area (Å²) < 4.78 is 1.57. The molecule has 0 atom stereocenters. The summed E-state index contributed by atoms with van der Waals surface area (Å²) in [4.78, 5) is 39.3. The van der Waals surface area contributed by atoms with Crippen LogP contribution in [0.4, 0.5) is 0 Å². The molecule has 0 bridgehead atoms. The van der Waals surface area contributed by atoms with Crippen molar-refractivity contribution in [3.8, 4) is 5.69 Å². The Labute approximate surface area is 171 Å². The monoisotopic (exact) mass is 392 g/mol. The maximum Gasteiger partial charge on any atom is 0.268 e. The third-order valence-corrected chi connectivity index (χ3v) is 6.09. The number of ketones is 1. The number of Topliss-reactive ketones (excluding diaryl/α,β-unsaturated/α-hetero) is 1. The highest BCUT2D eigenvalue weighted by atomic mass is 16.2. The first-order valence-corrected chi connectivity index (χ1v) is 10.5. The van der Waals surface area contributed by atoms with Gasteiger partial charge in [-0.05, 0) is 42.9 Å². The second-order valence-electron chi connectivity index (χ2n) is 9.14. The van der Waals surface area contributed by atoms with E-state index in [4.69, 9.17) is 0 Å². The van der Waals surface area contributed by atoms with Crippen molar-refractivity contribution in [2.24, 2.45) is 5.41 Å². The molecule has 1 fully saturated rings. The number of hydrogen-bond donors (Lipinski definition) is 1. The van der Waals surface area contributed by atoms with E-state index in [1.165, 1.54) is 12.5 Å². The van der Waals surface area contributed by atoms with Gasteiger partial charge in [0.1, 0.15) is 5.56 Å². The minimum Gasteiger partial charge on any atom is -0.349 e. The highest BCUT2D eigenvalue weighted by Crippen LogP contribution is 2.35. The number of nitrogens with one attached hydrogen (secondary N) is 1. The van der Waals surface area contributed by atoms with E-state index in [2.05, 4.69) is 5.32 Å². The number of carbonyl (C=O) groups excluding carboxylic acids is 2. The molecule has 2 aromatic rings. The Bertz CT molecular complexity index is 999. The number of aromatic nitrogens is 1. The number of pyridine rings is 1. The van der Waals surface area contributed by atoms with Crippen LogP contribution in [0.3, 0.4) is 0 Å². The molecule has 1 amide bonds. The summed E-state index contributed by atoms with van der Waals surface area (Å²) in [5.74, 6) is -0.375. The van der Waals surface area contributed by atoms with Gasteiger partial charge in [-0.2, -0.15) is 0 Å². The molecule has 1 aromatic heterocycles. The van der Waals surface area contributed by atoms with Crippen molar-refractivity contribution in [3.63, 3.8) is 0 Å². The molecule has 0 aliphatic heterocycles. The van der Waals surface area contributed by atoms with E-state index in [9.17, 15) is 14.4 Å². The zero-order valence-corrected chi connectivity index (χ0v) is 17.2. The molecule has 152 valence electrons. The van der Waals surface area contributed by atoms with Gasteiger partial charge in [-0.15, -0.1) is 0 Å². The SMILES string of the molecule is CC1(C)CC(=O)c2cc(C(=O)NC3CCCCC3)c(=O)n(-c3ccccc3)c2C1. The van der Waals surface area contributed by atoms with Crippen LogP contribution in [0, 0.1) is 5.41 Å². The first-order chi connectivity index (χ1) is 13.9. The average Bonchev–Trinajstić information content (AvgIpc) is 2.68. The van der Waals surface area contributed by atoms with Crippen LogP contribution in [0.2, 0.25) is 0 Å². The summed E-state index contributed by atoms with van der Waals surface area (Å²) in [5, 5.41) is 3.03. The molecule has 0 spiro atoms. The van der Waals surface area contributed by atoms with Gasteiger partial charge in [0, 0.05) is 29.4 Å². The molecule has 4 rings (SSSR count). The maximum atomic E-state index is 13.4. The molecule has 0 saturated heterocycles. The van der Waals surface area contributed by atoms with Crippen LogP contribution in [-0.4, -0.2) is 22.3 Å². The third kappa shape index (κ3) is 3.91. The second kappa shape index (κ2) is 7.62. The molecule has 5 nitrogen and oxygen atoms in total. The molecule has 2 aliphatic rings. The Balaban J connectivity index is 1.84. The van der Waals surface area contributed by atoms with Gasteiger partial charge in [0.25, 0.3) is 11.5 Å². The standard InChI is InChI=1S/C24H28N2O3/c1-24(2)14-20-18(21(27)15-24)13-19(22(28)25-16-9-5-3-6-10-16)23(29)26(20)17-11-7-4-8-12-17/h4,7-8,11-13,16H,3,5-6,9-10,14-15H2,1-2H3,(H,25,28). The van der Waals surface area contributed by atoms with Gasteiger partial charge < -0.3 is 5.32 Å². The van der Waals surface area contributed by atoms with E-state index in [0.717, 1.165) is 25.7 Å². The van der Waals surface area contributed by atoms with Crippen molar-refractivity contribution in [1.29, 1.82) is 0 Å². The lowest BCUT2D eigenvalue weighted by atomic mass is 9.75. The highest BCUT2D eigenvalue weighted by molar-refractivity contribution is 6.02. The van der Waals surface area contributed by atoms with Crippen LogP contribution in [-0.2, 0) is 6.42 Å². The number of carbonyl (C=O) groups is 2. The smallest absolute Gasteiger partial charge is 0.268 e. The van der Waals surface area contributed by atoms with Gasteiger partial charge in [0.15, 0.2) is 5.78 Å². The molecule has 1 aromatic carbocycles. The summed E-state index contributed by atoms with van der Waals surface area (Å²) >= 11 is 0. The zero-order valence-electron chi connectivity index (χ0n) is 17.2. The quantitative estimate of drug-likeness (QED) is 0.857. The molecule has 1 saturated carbocycles. The molecule has 5 heteroatoms. The van der Waals surface area contributed by atoms with Gasteiger partial charge in [-0.1, -0.05) is 51.3 Å². The molecule has 0 radical (unpaired) electrons. The summed E-state index contributed by atoms with van der Waals surface area (Å²) in [7, 11) is 0. The summed E-state index contributed by atoms with van der Waals surface area (Å²) in [6.07, 6.45) is 6.29. The lowest BCUT2D eigenvalue weighted by molar-refractivity contribution is 0.0908. The predicted octanol–water partition coefficient (Wildman–Crippen LogP) is 4.06. The summed E-state index contributed by atoms with van der Waals surface area (Å²) in [6.45, 7) is 4.08. The fourth-order valence-corrected chi connectivity index (χ4v) is 4.64. The van der Waals surface area contributed by atoms with Gasteiger partial charge in [-0.25, -0.2) is 0 Å². The molecule has 1 heterocycles. The van der Waals surface area contributed by atoms with Crippen LogP contribution < -0.4 is 10.9 Å². The summed E-state index contributed by atoms with van der Waals surface area (Å²) in [6, 6.07) is 10.9. The van der Waals surface area contributed by atoms with Crippen molar-refractivity contribution in [3.05, 3.63) is 63.6 Å². The van der Waals surface area contributed by atoms with Gasteiger partial charge in [0.05, 0.1) is 0 Å². The lowest BCUT2D eigenvalue weighted by Crippen LogP contribution is -2.42. The van der Waals surface area contributed by atoms with Crippen molar-refractivity contribution in [2.75, 3.05) is 0 Å². The number of amides is 1. The minimum absolute atomic E-state index is 0.00681. The largest absolute Gasteiger partial charge is 0.349 e. The minimum atomic E-state index is -0.369. The van der Waals surface area contributed by atoms with Gasteiger partial charge in [0.2, 0.25) is 0 Å². The molecule has 2 aliphatic carbocycles. The Morgan fingerprint density at radius 3 is 2.41 bits per heavy atom. The summed E-state index contributed by atoms with van der Waals surface area (Å²) in [5.41, 5.74) is 1.38. The predicted molar refractivity (Wildman–Crippen MR) is 113 cm³/mol. The van der Waals surface area contributed by atoms with E-state index in [0.29, 0.717) is 29.8 Å². The average molecular weight is 392 g/mol. The van der Waals surface area contributed by atoms with Crippen molar-refractivity contribution in [1.82, 2.24) is 9.88 Å². The van der Waals surface area contributed by atoms with Crippen LogP contribution in [0.15, 0.2) is 41.2 Å². The first-order valence-electron chi connectivity index (χ1n) is 10.5. The fraction of sp³-hybridized carbons (Fsp3) is 0.458. The lowest BCUT2D eigenvalue weighted by Gasteiger charge is -2.32. The number of nitrogens with zero attached hydrogens (tertiary/aromatic N) is 1. The van der Waals surface area contributed by atoms with Crippen LogP contribution in [0.5, 0.6) is 0 Å². The molecular formula is C24H28N2O3. The van der Waals surface area contributed by atoms with Crippen LogP contribution >= 0.6 is 0 Å². The first kappa shape index (κ1) is 19.6. The number of fused-ring (bicyclic) bond motifs is 1. The van der Waals surface area contributed by atoms with E-state index in [1.54, 1.807) is 4.57 Å². The Hall–Kier alpha value is -2.69. The molecular weight excluding hydrogens is 364 g/mol. The zero-order chi connectivity index (χ0) is 20.6. The van der Waals surface area contributed by atoms with E-state index >= 15 is 0 Å². The van der Waals surface area contributed by atoms with E-state index in [-0.39, 0.29) is 34.3 Å². The van der Waals surface area contributed by atoms with Crippen molar-refractivity contribution in [2.45, 2.75) is 64.8 Å². The number of benzene rings is 1. The molecule has 0 unspecified atom stereocenters. The van der Waals surface area contributed by atoms with Crippen molar-refractivity contribution >= 4 is 11.7 Å². The maximum absolute atomic E-state index is 13.4. The Morgan fingerprint density at radius 1 is 1.03 bits per heavy atom. The van der Waals surface area contributed by atoms with E-state index in [1.807, 2.05) is 44.2 Å². The van der Waals surface area contributed by atoms with Crippen LogP contribution in [0.25, 0.3) is 5.69 Å².